The van der Waals surface area contributed by atoms with Crippen molar-refractivity contribution in [3.63, 3.8) is 0 Å². The van der Waals surface area contributed by atoms with Crippen LogP contribution >= 0.6 is 0 Å². The van der Waals surface area contributed by atoms with Gasteiger partial charge in [-0.3, -0.25) is 19.7 Å². The highest BCUT2D eigenvalue weighted by Crippen LogP contribution is 2.29. The summed E-state index contributed by atoms with van der Waals surface area (Å²) in [5.74, 6) is -1.42. The van der Waals surface area contributed by atoms with Crippen molar-refractivity contribution in [2.24, 2.45) is 0 Å². The van der Waals surface area contributed by atoms with Gasteiger partial charge in [0.25, 0.3) is 5.69 Å². The Morgan fingerprint density at radius 3 is 2.84 bits per heavy atom. The summed E-state index contributed by atoms with van der Waals surface area (Å²) in [4.78, 5) is 36.4. The molecule has 2 rings (SSSR count). The Bertz CT molecular complexity index is 661. The van der Waals surface area contributed by atoms with Gasteiger partial charge in [-0.05, 0) is 31.7 Å². The molecule has 9 heteroatoms. The summed E-state index contributed by atoms with van der Waals surface area (Å²) in [6.45, 7) is 0.417. The van der Waals surface area contributed by atoms with Crippen LogP contribution in [0.1, 0.15) is 25.7 Å². The predicted octanol–water partition coefficient (Wildman–Crippen LogP) is 1.31. The first kappa shape index (κ1) is 18.7. The van der Waals surface area contributed by atoms with Gasteiger partial charge in [0.15, 0.2) is 0 Å². The molecule has 2 amide bonds. The molecule has 0 radical (unpaired) electrons. The zero-order chi connectivity index (χ0) is 18.4. The molecule has 0 aliphatic carbocycles. The molecule has 1 aliphatic rings. The van der Waals surface area contributed by atoms with Gasteiger partial charge in [-0.15, -0.1) is 0 Å². The summed E-state index contributed by atoms with van der Waals surface area (Å²) < 4.78 is 5.04. The Labute approximate surface area is 144 Å². The second-order valence-electron chi connectivity index (χ2n) is 5.76. The van der Waals surface area contributed by atoms with E-state index < -0.39 is 16.7 Å². The van der Waals surface area contributed by atoms with Crippen molar-refractivity contribution in [2.75, 3.05) is 25.6 Å². The Morgan fingerprint density at radius 2 is 2.20 bits per heavy atom. The summed E-state index contributed by atoms with van der Waals surface area (Å²) in [5.41, 5.74) is 0.00221. The van der Waals surface area contributed by atoms with E-state index in [9.17, 15) is 19.7 Å². The molecule has 136 valence electrons. The molecule has 1 aliphatic heterocycles. The van der Waals surface area contributed by atoms with Gasteiger partial charge in [-0.25, -0.2) is 0 Å². The number of amides is 2. The smallest absolute Gasteiger partial charge is 0.314 e. The van der Waals surface area contributed by atoms with Crippen LogP contribution in [0.3, 0.4) is 0 Å². The second kappa shape index (κ2) is 8.43. The summed E-state index contributed by atoms with van der Waals surface area (Å²) in [6, 6.07) is 3.56. The highest BCUT2D eigenvalue weighted by atomic mass is 16.6. The minimum atomic E-state index is -0.836. The second-order valence-corrected chi connectivity index (χ2v) is 5.76. The van der Waals surface area contributed by atoms with Crippen molar-refractivity contribution in [1.29, 1.82) is 0 Å². The zero-order valence-electron chi connectivity index (χ0n) is 13.9. The predicted molar refractivity (Wildman–Crippen MR) is 89.3 cm³/mol. The summed E-state index contributed by atoms with van der Waals surface area (Å²) >= 11 is 0. The summed E-state index contributed by atoms with van der Waals surface area (Å²) in [5, 5.41) is 22.4. The number of nitro benzene ring substituents is 1. The number of hydrogen-bond donors (Lipinski definition) is 2. The molecule has 0 saturated carbocycles. The minimum absolute atomic E-state index is 0.0494. The molecular weight excluding hydrogens is 330 g/mol. The molecule has 1 heterocycles. The molecule has 0 bridgehead atoms. The fraction of sp³-hybridized carbons (Fsp3) is 0.500. The number of aliphatic hydroxyl groups excluding tert-OH is 1. The molecule has 1 fully saturated rings. The van der Waals surface area contributed by atoms with Crippen molar-refractivity contribution >= 4 is 23.2 Å². The number of hydrogen-bond acceptors (Lipinski definition) is 6. The number of carbonyl (C=O) groups is 2. The number of anilines is 1. The highest BCUT2D eigenvalue weighted by Gasteiger charge is 2.30. The third-order valence-corrected chi connectivity index (χ3v) is 4.19. The largest absolute Gasteiger partial charge is 0.494 e. The summed E-state index contributed by atoms with van der Waals surface area (Å²) in [6.07, 6.45) is 2.94. The van der Waals surface area contributed by atoms with Crippen LogP contribution < -0.4 is 10.1 Å². The molecular formula is C16H21N3O6. The van der Waals surface area contributed by atoms with E-state index >= 15 is 0 Å². The van der Waals surface area contributed by atoms with E-state index in [2.05, 4.69) is 5.32 Å². The number of carbonyl (C=O) groups excluding carboxylic acids is 2. The molecule has 0 aromatic heterocycles. The number of nitrogens with zero attached hydrogens (tertiary/aromatic N) is 2. The van der Waals surface area contributed by atoms with Gasteiger partial charge in [-0.1, -0.05) is 0 Å². The van der Waals surface area contributed by atoms with Crippen molar-refractivity contribution in [3.8, 4) is 5.75 Å². The van der Waals surface area contributed by atoms with E-state index in [-0.39, 0.29) is 29.8 Å². The van der Waals surface area contributed by atoms with Crippen molar-refractivity contribution in [1.82, 2.24) is 4.90 Å². The lowest BCUT2D eigenvalue weighted by molar-refractivity contribution is -0.384. The maximum Gasteiger partial charge on any atom is 0.314 e. The number of non-ortho nitro benzene ring substituents is 1. The van der Waals surface area contributed by atoms with Crippen LogP contribution in [-0.2, 0) is 9.59 Å². The van der Waals surface area contributed by atoms with Gasteiger partial charge in [0.1, 0.15) is 5.75 Å². The normalized spacial score (nSPS) is 17.0. The Morgan fingerprint density at radius 1 is 1.44 bits per heavy atom. The van der Waals surface area contributed by atoms with Crippen LogP contribution in [0.4, 0.5) is 11.4 Å². The third kappa shape index (κ3) is 4.44. The van der Waals surface area contributed by atoms with Gasteiger partial charge >= 0.3 is 11.8 Å². The van der Waals surface area contributed by atoms with Gasteiger partial charge < -0.3 is 20.1 Å². The van der Waals surface area contributed by atoms with Crippen LogP contribution in [0.5, 0.6) is 5.75 Å². The average molecular weight is 351 g/mol. The molecule has 1 aromatic rings. The number of ether oxygens (including phenoxy) is 1. The first-order valence-electron chi connectivity index (χ1n) is 8.03. The van der Waals surface area contributed by atoms with Crippen LogP contribution in [0.15, 0.2) is 18.2 Å². The van der Waals surface area contributed by atoms with Crippen LogP contribution in [0.2, 0.25) is 0 Å². The lowest BCUT2D eigenvalue weighted by atomic mass is 9.99. The maximum absolute atomic E-state index is 12.4. The molecule has 25 heavy (non-hydrogen) atoms. The number of nitrogens with one attached hydrogen (secondary N) is 1. The first-order chi connectivity index (χ1) is 12.0. The molecule has 1 unspecified atom stereocenters. The van der Waals surface area contributed by atoms with Crippen molar-refractivity contribution in [3.05, 3.63) is 28.3 Å². The summed E-state index contributed by atoms with van der Waals surface area (Å²) in [7, 11) is 1.32. The van der Waals surface area contributed by atoms with Gasteiger partial charge in [0.2, 0.25) is 0 Å². The van der Waals surface area contributed by atoms with Crippen molar-refractivity contribution < 1.29 is 24.4 Å². The fourth-order valence-electron chi connectivity index (χ4n) is 2.92. The van der Waals surface area contributed by atoms with E-state index in [0.717, 1.165) is 19.3 Å². The van der Waals surface area contributed by atoms with E-state index in [1.54, 1.807) is 0 Å². The van der Waals surface area contributed by atoms with Crippen molar-refractivity contribution in [2.45, 2.75) is 31.7 Å². The topological polar surface area (TPSA) is 122 Å². The van der Waals surface area contributed by atoms with E-state index in [1.165, 1.54) is 30.2 Å². The number of benzene rings is 1. The lowest BCUT2D eigenvalue weighted by Crippen LogP contribution is -2.48. The minimum Gasteiger partial charge on any atom is -0.494 e. The Kier molecular flexibility index (Phi) is 6.29. The molecule has 1 atom stereocenters. The number of likely N-dealkylation sites (tertiary alicyclic amines) is 1. The van der Waals surface area contributed by atoms with Crippen LogP contribution in [0, 0.1) is 10.1 Å². The monoisotopic (exact) mass is 351 g/mol. The van der Waals surface area contributed by atoms with E-state index in [1.807, 2.05) is 0 Å². The average Bonchev–Trinajstić information content (AvgIpc) is 2.62. The number of nitro groups is 1. The standard InChI is InChI=1S/C16H21N3O6/c1-25-14-10-12(19(23)24)5-6-13(14)17-15(21)16(22)18-8-3-2-4-11(18)7-9-20/h5-6,10-11,20H,2-4,7-9H2,1H3,(H,17,21). The molecule has 1 saturated heterocycles. The lowest BCUT2D eigenvalue weighted by Gasteiger charge is -2.35. The number of piperidine rings is 1. The van der Waals surface area contributed by atoms with Gasteiger partial charge in [0, 0.05) is 25.3 Å². The van der Waals surface area contributed by atoms with E-state index in [0.29, 0.717) is 13.0 Å². The number of aliphatic hydroxyl groups is 1. The Hall–Kier alpha value is -2.68. The third-order valence-electron chi connectivity index (χ3n) is 4.19. The maximum atomic E-state index is 12.4. The van der Waals surface area contributed by atoms with Gasteiger partial charge in [-0.2, -0.15) is 0 Å². The molecule has 2 N–H and O–H groups in total. The molecule has 9 nitrogen and oxygen atoms in total. The van der Waals surface area contributed by atoms with Crippen LogP contribution in [-0.4, -0.2) is 53.0 Å². The first-order valence-corrected chi connectivity index (χ1v) is 8.03. The van der Waals surface area contributed by atoms with Gasteiger partial charge in [0.05, 0.1) is 23.8 Å². The number of rotatable bonds is 5. The Balaban J connectivity index is 2.12. The van der Waals surface area contributed by atoms with Crippen LogP contribution in [0.25, 0.3) is 0 Å². The molecule has 1 aromatic carbocycles. The SMILES string of the molecule is COc1cc([N+](=O)[O-])ccc1NC(=O)C(=O)N1CCCCC1CCO. The highest BCUT2D eigenvalue weighted by molar-refractivity contribution is 6.39. The quantitative estimate of drug-likeness (QED) is 0.468. The zero-order valence-corrected chi connectivity index (χ0v) is 13.9. The fourth-order valence-corrected chi connectivity index (χ4v) is 2.92. The molecule has 0 spiro atoms. The number of methoxy groups -OCH3 is 1. The van der Waals surface area contributed by atoms with E-state index in [4.69, 9.17) is 9.84 Å².